The molecule has 0 amide bonds. The van der Waals surface area contributed by atoms with Crippen LogP contribution in [0.4, 0.5) is 5.69 Å². The van der Waals surface area contributed by atoms with E-state index in [1.165, 1.54) is 6.20 Å². The molecule has 0 aliphatic heterocycles. The quantitative estimate of drug-likeness (QED) is 0.709. The maximum absolute atomic E-state index is 10.9. The van der Waals surface area contributed by atoms with Gasteiger partial charge in [0.05, 0.1) is 28.0 Å². The van der Waals surface area contributed by atoms with Crippen LogP contribution in [-0.2, 0) is 0 Å². The fraction of sp³-hybridized carbons (Fsp3) is 0.0714. The molecule has 94 valence electrons. The zero-order valence-electron chi connectivity index (χ0n) is 10.4. The molecule has 0 fully saturated rings. The van der Waals surface area contributed by atoms with Crippen molar-refractivity contribution in [1.82, 2.24) is 14.8 Å². The van der Waals surface area contributed by atoms with Crippen LogP contribution < -0.4 is 5.73 Å². The molecule has 5 nitrogen and oxygen atoms in total. The number of aromatic nitrogens is 3. The number of anilines is 1. The van der Waals surface area contributed by atoms with Gasteiger partial charge in [-0.1, -0.05) is 18.2 Å². The van der Waals surface area contributed by atoms with Gasteiger partial charge < -0.3 is 5.73 Å². The fourth-order valence-electron chi connectivity index (χ4n) is 2.14. The monoisotopic (exact) mass is 252 g/mol. The molecule has 0 saturated carbocycles. The number of pyridine rings is 1. The summed E-state index contributed by atoms with van der Waals surface area (Å²) >= 11 is 0. The van der Waals surface area contributed by atoms with Crippen molar-refractivity contribution in [3.63, 3.8) is 0 Å². The molecule has 19 heavy (non-hydrogen) atoms. The second-order valence-electron chi connectivity index (χ2n) is 4.28. The number of aldehydes is 1. The summed E-state index contributed by atoms with van der Waals surface area (Å²) in [6.45, 7) is 1.86. The second-order valence-corrected chi connectivity index (χ2v) is 4.28. The van der Waals surface area contributed by atoms with Crippen LogP contribution in [0, 0.1) is 6.92 Å². The van der Waals surface area contributed by atoms with Gasteiger partial charge in [-0.15, -0.1) is 0 Å². The van der Waals surface area contributed by atoms with E-state index in [4.69, 9.17) is 5.73 Å². The Kier molecular flexibility index (Phi) is 2.52. The van der Waals surface area contributed by atoms with Gasteiger partial charge in [-0.05, 0) is 19.1 Å². The molecule has 2 heterocycles. The summed E-state index contributed by atoms with van der Waals surface area (Å²) in [5, 5.41) is 5.18. The number of aryl methyl sites for hydroxylation is 1. The predicted molar refractivity (Wildman–Crippen MR) is 73.4 cm³/mol. The molecule has 3 rings (SSSR count). The van der Waals surface area contributed by atoms with Gasteiger partial charge in [0.25, 0.3) is 0 Å². The first kappa shape index (κ1) is 11.4. The number of benzene rings is 1. The Morgan fingerprint density at radius 3 is 2.68 bits per heavy atom. The summed E-state index contributed by atoms with van der Waals surface area (Å²) in [6, 6.07) is 9.69. The van der Waals surface area contributed by atoms with E-state index in [1.54, 1.807) is 4.68 Å². The Bertz CT molecular complexity index is 762. The minimum atomic E-state index is 0.392. The predicted octanol–water partition coefficient (Wildman–Crippen LogP) is 2.12. The molecule has 0 radical (unpaired) electrons. The number of nitrogen functional groups attached to an aromatic ring is 1. The number of nitrogens with two attached hydrogens (primary N) is 1. The average Bonchev–Trinajstić information content (AvgIpc) is 2.78. The molecule has 0 aliphatic carbocycles. The van der Waals surface area contributed by atoms with Crippen molar-refractivity contribution in [2.75, 3.05) is 5.73 Å². The highest BCUT2D eigenvalue weighted by molar-refractivity contribution is 5.99. The van der Waals surface area contributed by atoms with Gasteiger partial charge in [0.15, 0.2) is 11.9 Å². The van der Waals surface area contributed by atoms with E-state index < -0.39 is 0 Å². The molecule has 5 heteroatoms. The van der Waals surface area contributed by atoms with E-state index in [9.17, 15) is 4.79 Å². The van der Waals surface area contributed by atoms with Crippen LogP contribution in [0.1, 0.15) is 16.1 Å². The first-order valence-corrected chi connectivity index (χ1v) is 5.87. The Morgan fingerprint density at radius 2 is 2.00 bits per heavy atom. The zero-order valence-corrected chi connectivity index (χ0v) is 10.4. The summed E-state index contributed by atoms with van der Waals surface area (Å²) < 4.78 is 1.73. The first-order valence-electron chi connectivity index (χ1n) is 5.87. The highest BCUT2D eigenvalue weighted by Crippen LogP contribution is 2.26. The maximum Gasteiger partial charge on any atom is 0.165 e. The number of rotatable bonds is 2. The van der Waals surface area contributed by atoms with Crippen LogP contribution in [0.3, 0.4) is 0 Å². The number of fused-ring (bicyclic) bond motifs is 1. The number of carbonyl (C=O) groups is 1. The Labute approximate surface area is 109 Å². The number of nitrogens with zero attached hydrogens (tertiary/aromatic N) is 3. The summed E-state index contributed by atoms with van der Waals surface area (Å²) in [4.78, 5) is 15.2. The van der Waals surface area contributed by atoms with Crippen molar-refractivity contribution in [1.29, 1.82) is 0 Å². The number of hydrogen-bond donors (Lipinski definition) is 1. The Hall–Kier alpha value is -2.69. The number of carbonyl (C=O) groups excluding carboxylic acids is 1. The van der Waals surface area contributed by atoms with Crippen molar-refractivity contribution >= 4 is 23.0 Å². The normalized spacial score (nSPS) is 10.8. The van der Waals surface area contributed by atoms with Crippen molar-refractivity contribution in [2.45, 2.75) is 6.92 Å². The summed E-state index contributed by atoms with van der Waals surface area (Å²) in [6.07, 6.45) is 2.19. The molecule has 0 saturated heterocycles. The molecule has 0 atom stereocenters. The SMILES string of the molecule is Cc1nn(-c2ccccc2)c2ncc(C=O)c(N)c12. The van der Waals surface area contributed by atoms with Crippen molar-refractivity contribution in [3.05, 3.63) is 47.8 Å². The lowest BCUT2D eigenvalue weighted by molar-refractivity contribution is 0.112. The van der Waals surface area contributed by atoms with Crippen LogP contribution >= 0.6 is 0 Å². The highest BCUT2D eigenvalue weighted by atomic mass is 16.1. The smallest absolute Gasteiger partial charge is 0.165 e. The number of hydrogen-bond acceptors (Lipinski definition) is 4. The van der Waals surface area contributed by atoms with Crippen LogP contribution in [-0.4, -0.2) is 21.1 Å². The third-order valence-electron chi connectivity index (χ3n) is 3.07. The van der Waals surface area contributed by atoms with E-state index in [0.29, 0.717) is 23.2 Å². The zero-order chi connectivity index (χ0) is 13.4. The molecule has 2 aromatic heterocycles. The average molecular weight is 252 g/mol. The largest absolute Gasteiger partial charge is 0.397 e. The van der Waals surface area contributed by atoms with Crippen LogP contribution in [0.15, 0.2) is 36.5 Å². The van der Waals surface area contributed by atoms with Gasteiger partial charge >= 0.3 is 0 Å². The molecule has 0 bridgehead atoms. The van der Waals surface area contributed by atoms with E-state index in [2.05, 4.69) is 10.1 Å². The Morgan fingerprint density at radius 1 is 1.26 bits per heavy atom. The van der Waals surface area contributed by atoms with Crippen LogP contribution in [0.5, 0.6) is 0 Å². The van der Waals surface area contributed by atoms with Gasteiger partial charge in [0, 0.05) is 6.20 Å². The molecule has 3 aromatic rings. The van der Waals surface area contributed by atoms with E-state index in [0.717, 1.165) is 16.8 Å². The van der Waals surface area contributed by atoms with Crippen molar-refractivity contribution in [3.8, 4) is 5.69 Å². The molecule has 0 unspecified atom stereocenters. The molecule has 0 aliphatic rings. The van der Waals surface area contributed by atoms with E-state index >= 15 is 0 Å². The van der Waals surface area contributed by atoms with Crippen LogP contribution in [0.2, 0.25) is 0 Å². The highest BCUT2D eigenvalue weighted by Gasteiger charge is 2.15. The van der Waals surface area contributed by atoms with Gasteiger partial charge in [0.2, 0.25) is 0 Å². The Balaban J connectivity index is 2.35. The lowest BCUT2D eigenvalue weighted by Gasteiger charge is -2.03. The van der Waals surface area contributed by atoms with Gasteiger partial charge in [-0.2, -0.15) is 5.10 Å². The lowest BCUT2D eigenvalue weighted by Crippen LogP contribution is -1.99. The van der Waals surface area contributed by atoms with E-state index in [-0.39, 0.29) is 0 Å². The van der Waals surface area contributed by atoms with E-state index in [1.807, 2.05) is 37.3 Å². The molecule has 2 N–H and O–H groups in total. The molecular weight excluding hydrogens is 240 g/mol. The summed E-state index contributed by atoms with van der Waals surface area (Å²) in [7, 11) is 0. The molecular formula is C14H12N4O. The van der Waals surface area contributed by atoms with Gasteiger partial charge in [-0.25, -0.2) is 9.67 Å². The van der Waals surface area contributed by atoms with Crippen LogP contribution in [0.25, 0.3) is 16.7 Å². The second kappa shape index (κ2) is 4.20. The lowest BCUT2D eigenvalue weighted by atomic mass is 10.1. The van der Waals surface area contributed by atoms with Gasteiger partial charge in [0.1, 0.15) is 0 Å². The third kappa shape index (κ3) is 1.67. The molecule has 0 spiro atoms. The minimum absolute atomic E-state index is 0.392. The fourth-order valence-corrected chi connectivity index (χ4v) is 2.14. The maximum atomic E-state index is 10.9. The first-order chi connectivity index (χ1) is 9.22. The standard InChI is InChI=1S/C14H12N4O/c1-9-12-13(15)10(8-19)7-16-14(12)18(17-9)11-5-3-2-4-6-11/h2-8H,1H3,(H2,15,16). The van der Waals surface area contributed by atoms with Crippen molar-refractivity contribution < 1.29 is 4.79 Å². The summed E-state index contributed by atoms with van der Waals surface area (Å²) in [5.41, 5.74) is 9.14. The molecule has 1 aromatic carbocycles. The summed E-state index contributed by atoms with van der Waals surface area (Å²) in [5.74, 6) is 0. The minimum Gasteiger partial charge on any atom is -0.397 e. The van der Waals surface area contributed by atoms with Gasteiger partial charge in [-0.3, -0.25) is 4.79 Å². The topological polar surface area (TPSA) is 73.8 Å². The van der Waals surface area contributed by atoms with Crippen molar-refractivity contribution in [2.24, 2.45) is 0 Å². The third-order valence-corrected chi connectivity index (χ3v) is 3.07. The number of para-hydroxylation sites is 1.